The third-order valence-electron chi connectivity index (χ3n) is 4.89. The van der Waals surface area contributed by atoms with Crippen LogP contribution in [0.3, 0.4) is 0 Å². The molecule has 0 aliphatic heterocycles. The topological polar surface area (TPSA) is 79.5 Å². The maximum atomic E-state index is 11.2. The van der Waals surface area contributed by atoms with Gasteiger partial charge in [-0.25, -0.2) is 4.99 Å². The summed E-state index contributed by atoms with van der Waals surface area (Å²) in [5.41, 5.74) is 8.22. The Morgan fingerprint density at radius 3 is 2.52 bits per heavy atom. The monoisotopic (exact) mass is 384 g/mol. The molecular formula is C21H25ClN4O. The van der Waals surface area contributed by atoms with Gasteiger partial charge in [0.25, 0.3) is 0 Å². The fraction of sp³-hybridized carbons (Fsp3) is 0.333. The molecule has 2 aromatic carbocycles. The number of aliphatic imine (C=N–C) groups is 1. The minimum atomic E-state index is -0.421. The van der Waals surface area contributed by atoms with Gasteiger partial charge in [-0.1, -0.05) is 35.9 Å². The Balaban J connectivity index is 1.63. The van der Waals surface area contributed by atoms with Crippen molar-refractivity contribution in [1.82, 2.24) is 10.6 Å². The van der Waals surface area contributed by atoms with E-state index >= 15 is 0 Å². The van der Waals surface area contributed by atoms with Crippen LogP contribution in [0, 0.1) is 0 Å². The number of carbonyl (C=O) groups excluding carboxylic acids is 1. The van der Waals surface area contributed by atoms with Gasteiger partial charge in [0, 0.05) is 29.1 Å². The second-order valence-corrected chi connectivity index (χ2v) is 7.34. The summed E-state index contributed by atoms with van der Waals surface area (Å²) in [6, 6.07) is 15.3. The smallest absolute Gasteiger partial charge is 0.248 e. The Morgan fingerprint density at radius 1 is 1.19 bits per heavy atom. The van der Waals surface area contributed by atoms with Crippen molar-refractivity contribution < 1.29 is 4.79 Å². The van der Waals surface area contributed by atoms with E-state index in [1.54, 1.807) is 12.1 Å². The van der Waals surface area contributed by atoms with Crippen LogP contribution in [0.25, 0.3) is 0 Å². The number of halogens is 1. The van der Waals surface area contributed by atoms with E-state index in [2.05, 4.69) is 27.8 Å². The van der Waals surface area contributed by atoms with Gasteiger partial charge in [0.1, 0.15) is 0 Å². The van der Waals surface area contributed by atoms with Crippen LogP contribution in [-0.2, 0) is 12.0 Å². The minimum Gasteiger partial charge on any atom is -0.366 e. The quantitative estimate of drug-likeness (QED) is 0.506. The minimum absolute atomic E-state index is 0.143. The number of benzene rings is 2. The largest absolute Gasteiger partial charge is 0.366 e. The fourth-order valence-corrected chi connectivity index (χ4v) is 3.27. The van der Waals surface area contributed by atoms with Crippen LogP contribution in [0.4, 0.5) is 0 Å². The molecule has 1 aliphatic rings. The molecule has 3 rings (SSSR count). The zero-order valence-corrected chi connectivity index (χ0v) is 16.2. The van der Waals surface area contributed by atoms with E-state index in [1.165, 1.54) is 5.56 Å². The van der Waals surface area contributed by atoms with Gasteiger partial charge >= 0.3 is 0 Å². The van der Waals surface area contributed by atoms with E-state index in [4.69, 9.17) is 17.3 Å². The average molecular weight is 385 g/mol. The normalized spacial score (nSPS) is 15.3. The molecule has 1 saturated carbocycles. The highest BCUT2D eigenvalue weighted by Crippen LogP contribution is 2.48. The fourth-order valence-electron chi connectivity index (χ4n) is 3.08. The van der Waals surface area contributed by atoms with Crippen LogP contribution in [0.5, 0.6) is 0 Å². The zero-order valence-electron chi connectivity index (χ0n) is 15.5. The molecule has 5 nitrogen and oxygen atoms in total. The van der Waals surface area contributed by atoms with Crippen molar-refractivity contribution >= 4 is 23.5 Å². The molecule has 2 aromatic rings. The Hall–Kier alpha value is -2.53. The first-order valence-corrected chi connectivity index (χ1v) is 9.57. The molecule has 6 heteroatoms. The first kappa shape index (κ1) is 19.2. The third-order valence-corrected chi connectivity index (χ3v) is 5.12. The Bertz CT molecular complexity index is 828. The second kappa shape index (κ2) is 8.44. The summed E-state index contributed by atoms with van der Waals surface area (Å²) in [5, 5.41) is 7.52. The van der Waals surface area contributed by atoms with E-state index in [0.29, 0.717) is 12.1 Å². The number of hydrogen-bond donors (Lipinski definition) is 3. The second-order valence-electron chi connectivity index (χ2n) is 6.90. The van der Waals surface area contributed by atoms with Crippen LogP contribution in [0.2, 0.25) is 5.02 Å². The number of amides is 1. The lowest BCUT2D eigenvalue weighted by Crippen LogP contribution is -2.41. The van der Waals surface area contributed by atoms with Crippen molar-refractivity contribution in [2.24, 2.45) is 10.7 Å². The Labute approximate surface area is 165 Å². The van der Waals surface area contributed by atoms with Crippen molar-refractivity contribution in [2.75, 3.05) is 13.1 Å². The van der Waals surface area contributed by atoms with Gasteiger partial charge in [-0.2, -0.15) is 0 Å². The molecule has 1 amide bonds. The highest BCUT2D eigenvalue weighted by Gasteiger charge is 2.44. The average Bonchev–Trinajstić information content (AvgIpc) is 3.45. The molecule has 0 radical (unpaired) electrons. The van der Waals surface area contributed by atoms with Gasteiger partial charge in [-0.15, -0.1) is 0 Å². The lowest BCUT2D eigenvalue weighted by molar-refractivity contribution is 0.100. The van der Waals surface area contributed by atoms with Crippen molar-refractivity contribution in [3.8, 4) is 0 Å². The molecule has 4 N–H and O–H groups in total. The summed E-state index contributed by atoms with van der Waals surface area (Å²) < 4.78 is 0. The van der Waals surface area contributed by atoms with Gasteiger partial charge in [0.15, 0.2) is 5.96 Å². The van der Waals surface area contributed by atoms with Crippen LogP contribution in [-0.4, -0.2) is 25.0 Å². The van der Waals surface area contributed by atoms with Crippen molar-refractivity contribution in [1.29, 1.82) is 0 Å². The van der Waals surface area contributed by atoms with E-state index < -0.39 is 5.91 Å². The highest BCUT2D eigenvalue weighted by atomic mass is 35.5. The van der Waals surface area contributed by atoms with Gasteiger partial charge in [-0.3, -0.25) is 4.79 Å². The SMILES string of the molecule is CCNC(=NCc1ccc(C(N)=O)cc1)NCC1(c2cccc(Cl)c2)CC1. The standard InChI is InChI=1S/C21H25ClN4O/c1-2-24-20(25-13-15-6-8-16(9-7-15)19(23)27)26-14-21(10-11-21)17-4-3-5-18(22)12-17/h3-9,12H,2,10-11,13-14H2,1H3,(H2,23,27)(H2,24,25,26). The van der Waals surface area contributed by atoms with Crippen LogP contribution >= 0.6 is 11.6 Å². The van der Waals surface area contributed by atoms with Crippen molar-refractivity contribution in [3.63, 3.8) is 0 Å². The summed E-state index contributed by atoms with van der Waals surface area (Å²) in [6.45, 7) is 4.18. The Morgan fingerprint density at radius 2 is 1.93 bits per heavy atom. The maximum absolute atomic E-state index is 11.2. The number of guanidine groups is 1. The molecule has 0 atom stereocenters. The van der Waals surface area contributed by atoms with Crippen LogP contribution in [0.1, 0.15) is 41.3 Å². The van der Waals surface area contributed by atoms with Gasteiger partial charge in [-0.05, 0) is 55.2 Å². The van der Waals surface area contributed by atoms with E-state index in [9.17, 15) is 4.79 Å². The van der Waals surface area contributed by atoms with E-state index in [0.717, 1.165) is 42.5 Å². The number of primary amides is 1. The van der Waals surface area contributed by atoms with Crippen LogP contribution in [0.15, 0.2) is 53.5 Å². The summed E-state index contributed by atoms with van der Waals surface area (Å²) in [7, 11) is 0. The predicted molar refractivity (Wildman–Crippen MR) is 110 cm³/mol. The number of nitrogens with zero attached hydrogens (tertiary/aromatic N) is 1. The molecule has 0 heterocycles. The molecule has 0 aromatic heterocycles. The molecule has 0 bridgehead atoms. The molecular weight excluding hydrogens is 360 g/mol. The van der Waals surface area contributed by atoms with Crippen molar-refractivity contribution in [2.45, 2.75) is 31.7 Å². The highest BCUT2D eigenvalue weighted by molar-refractivity contribution is 6.30. The number of nitrogens with two attached hydrogens (primary N) is 1. The molecule has 0 unspecified atom stereocenters. The maximum Gasteiger partial charge on any atom is 0.248 e. The molecule has 142 valence electrons. The number of nitrogens with one attached hydrogen (secondary N) is 2. The first-order chi connectivity index (χ1) is 13.0. The third kappa shape index (κ3) is 5.01. The summed E-state index contributed by atoms with van der Waals surface area (Å²) in [6.07, 6.45) is 2.29. The lowest BCUT2D eigenvalue weighted by Gasteiger charge is -2.19. The molecule has 1 aliphatic carbocycles. The first-order valence-electron chi connectivity index (χ1n) is 9.19. The summed E-state index contributed by atoms with van der Waals surface area (Å²) in [5.74, 6) is 0.362. The van der Waals surface area contributed by atoms with E-state index in [1.807, 2.05) is 31.2 Å². The zero-order chi connectivity index (χ0) is 19.3. The number of carbonyl (C=O) groups is 1. The summed E-state index contributed by atoms with van der Waals surface area (Å²) in [4.78, 5) is 15.8. The predicted octanol–water partition coefficient (Wildman–Crippen LogP) is 3.23. The van der Waals surface area contributed by atoms with Gasteiger partial charge < -0.3 is 16.4 Å². The molecule has 0 saturated heterocycles. The molecule has 0 spiro atoms. The molecule has 27 heavy (non-hydrogen) atoms. The van der Waals surface area contributed by atoms with E-state index in [-0.39, 0.29) is 5.41 Å². The lowest BCUT2D eigenvalue weighted by atomic mass is 9.96. The van der Waals surface area contributed by atoms with Gasteiger partial charge in [0.2, 0.25) is 5.91 Å². The number of hydrogen-bond acceptors (Lipinski definition) is 2. The number of rotatable bonds is 7. The van der Waals surface area contributed by atoms with Crippen LogP contribution < -0.4 is 16.4 Å². The summed E-state index contributed by atoms with van der Waals surface area (Å²) >= 11 is 6.15. The van der Waals surface area contributed by atoms with Gasteiger partial charge in [0.05, 0.1) is 6.54 Å². The molecule has 1 fully saturated rings. The van der Waals surface area contributed by atoms with Crippen molar-refractivity contribution in [3.05, 3.63) is 70.2 Å². The Kier molecular flexibility index (Phi) is 6.01.